The summed E-state index contributed by atoms with van der Waals surface area (Å²) in [6, 6.07) is 11.3. The Morgan fingerprint density at radius 2 is 1.78 bits per heavy atom. The third kappa shape index (κ3) is 3.40. The fourth-order valence-corrected chi connectivity index (χ4v) is 3.43. The number of pyridine rings is 1. The second-order valence-electron chi connectivity index (χ2n) is 6.63. The van der Waals surface area contributed by atoms with Gasteiger partial charge in [-0.3, -0.25) is 14.0 Å². The highest BCUT2D eigenvalue weighted by Gasteiger charge is 2.24. The summed E-state index contributed by atoms with van der Waals surface area (Å²) in [4.78, 5) is 29.6. The van der Waals surface area contributed by atoms with E-state index in [0.29, 0.717) is 5.52 Å². The van der Waals surface area contributed by atoms with Crippen molar-refractivity contribution < 1.29 is 14.0 Å². The van der Waals surface area contributed by atoms with Crippen molar-refractivity contribution >= 4 is 23.0 Å². The lowest BCUT2D eigenvalue weighted by molar-refractivity contribution is 0.0935. The van der Waals surface area contributed by atoms with Gasteiger partial charge in [0.05, 0.1) is 11.2 Å². The minimum Gasteiger partial charge on any atom is -0.348 e. The monoisotopic (exact) mass is 366 g/mol. The Morgan fingerprint density at radius 3 is 2.56 bits per heavy atom. The van der Waals surface area contributed by atoms with E-state index in [1.807, 2.05) is 0 Å². The summed E-state index contributed by atoms with van der Waals surface area (Å²) >= 11 is 0. The number of para-hydroxylation sites is 1. The van der Waals surface area contributed by atoms with Crippen LogP contribution in [0.5, 0.6) is 0 Å². The second kappa shape index (κ2) is 7.19. The zero-order valence-electron chi connectivity index (χ0n) is 14.6. The highest BCUT2D eigenvalue weighted by molar-refractivity contribution is 6.06. The Kier molecular flexibility index (Phi) is 4.58. The molecule has 2 N–H and O–H groups in total. The first-order valence-electron chi connectivity index (χ1n) is 8.97. The molecule has 27 heavy (non-hydrogen) atoms. The van der Waals surface area contributed by atoms with Gasteiger partial charge in [-0.15, -0.1) is 0 Å². The highest BCUT2D eigenvalue weighted by atomic mass is 19.1. The van der Waals surface area contributed by atoms with Gasteiger partial charge in [0, 0.05) is 12.2 Å². The average molecular weight is 366 g/mol. The summed E-state index contributed by atoms with van der Waals surface area (Å²) in [5.74, 6) is -1.38. The predicted octanol–water partition coefficient (Wildman–Crippen LogP) is 3.40. The van der Waals surface area contributed by atoms with Crippen LogP contribution in [0.2, 0.25) is 0 Å². The molecule has 7 heteroatoms. The summed E-state index contributed by atoms with van der Waals surface area (Å²) in [6.45, 7) is 0. The minimum absolute atomic E-state index is 0.0328. The first kappa shape index (κ1) is 17.2. The normalized spacial score (nSPS) is 14.4. The van der Waals surface area contributed by atoms with E-state index in [0.717, 1.165) is 25.7 Å². The maximum Gasteiger partial charge on any atom is 0.292 e. The van der Waals surface area contributed by atoms with Crippen molar-refractivity contribution in [1.29, 1.82) is 0 Å². The molecule has 0 bridgehead atoms. The van der Waals surface area contributed by atoms with Crippen molar-refractivity contribution in [2.75, 3.05) is 5.32 Å². The molecule has 1 aromatic carbocycles. The highest BCUT2D eigenvalue weighted by Crippen LogP contribution is 2.20. The minimum atomic E-state index is -0.582. The Balaban J connectivity index is 1.66. The summed E-state index contributed by atoms with van der Waals surface area (Å²) in [5.41, 5.74) is 0.792. The van der Waals surface area contributed by atoms with Gasteiger partial charge in [-0.25, -0.2) is 9.37 Å². The molecule has 2 heterocycles. The summed E-state index contributed by atoms with van der Waals surface area (Å²) < 4.78 is 15.4. The van der Waals surface area contributed by atoms with E-state index in [1.54, 1.807) is 40.9 Å². The van der Waals surface area contributed by atoms with Gasteiger partial charge in [0.25, 0.3) is 11.8 Å². The van der Waals surface area contributed by atoms with Gasteiger partial charge in [0.15, 0.2) is 5.69 Å². The van der Waals surface area contributed by atoms with Crippen LogP contribution in [-0.4, -0.2) is 27.2 Å². The fraction of sp³-hybridized carbons (Fsp3) is 0.250. The predicted molar refractivity (Wildman–Crippen MR) is 99.3 cm³/mol. The molecule has 1 aliphatic rings. The first-order valence-corrected chi connectivity index (χ1v) is 8.97. The number of hydrogen-bond donors (Lipinski definition) is 2. The third-order valence-electron chi connectivity index (χ3n) is 4.78. The lowest BCUT2D eigenvalue weighted by Gasteiger charge is -2.10. The van der Waals surface area contributed by atoms with Gasteiger partial charge in [-0.2, -0.15) is 0 Å². The Hall–Kier alpha value is -3.22. The first-order chi connectivity index (χ1) is 13.1. The molecule has 0 atom stereocenters. The molecule has 4 rings (SSSR count). The number of carbonyl (C=O) groups excluding carboxylic acids is 2. The molecule has 1 saturated carbocycles. The van der Waals surface area contributed by atoms with Gasteiger partial charge in [0.1, 0.15) is 5.82 Å². The molecule has 3 aromatic rings. The van der Waals surface area contributed by atoms with Crippen LogP contribution in [0.1, 0.15) is 46.8 Å². The fourth-order valence-electron chi connectivity index (χ4n) is 3.43. The van der Waals surface area contributed by atoms with Crippen LogP contribution in [-0.2, 0) is 0 Å². The van der Waals surface area contributed by atoms with Gasteiger partial charge in [-0.1, -0.05) is 31.0 Å². The number of halogens is 1. The van der Waals surface area contributed by atoms with Gasteiger partial charge in [0.2, 0.25) is 5.82 Å². The van der Waals surface area contributed by atoms with Gasteiger partial charge < -0.3 is 10.6 Å². The zero-order valence-corrected chi connectivity index (χ0v) is 14.6. The molecule has 0 radical (unpaired) electrons. The number of carbonyl (C=O) groups is 2. The Bertz CT molecular complexity index is 1010. The topological polar surface area (TPSA) is 75.5 Å². The molecule has 0 aliphatic heterocycles. The summed E-state index contributed by atoms with van der Waals surface area (Å²) in [5, 5.41) is 5.51. The number of nitrogens with zero attached hydrogens (tertiary/aromatic N) is 2. The number of amides is 2. The molecular formula is C20H19FN4O2. The van der Waals surface area contributed by atoms with E-state index in [-0.39, 0.29) is 29.2 Å². The molecule has 138 valence electrons. The van der Waals surface area contributed by atoms with Crippen molar-refractivity contribution in [3.8, 4) is 0 Å². The van der Waals surface area contributed by atoms with E-state index in [4.69, 9.17) is 0 Å². The van der Waals surface area contributed by atoms with Crippen molar-refractivity contribution in [3.63, 3.8) is 0 Å². The van der Waals surface area contributed by atoms with Crippen LogP contribution < -0.4 is 10.6 Å². The molecule has 2 aromatic heterocycles. The standard InChI is InChI=1S/C20H19FN4O2/c21-14-9-3-4-10-15(14)23-20(27)18-24-17(16-11-5-6-12-25(16)18)19(26)22-13-7-1-2-8-13/h3-6,9-13H,1-2,7-8H2,(H,22,26)(H,23,27). The van der Waals surface area contributed by atoms with E-state index in [1.165, 1.54) is 12.1 Å². The quantitative estimate of drug-likeness (QED) is 0.743. The zero-order chi connectivity index (χ0) is 18.8. The van der Waals surface area contributed by atoms with E-state index < -0.39 is 11.7 Å². The molecule has 1 fully saturated rings. The van der Waals surface area contributed by atoms with Crippen LogP contribution in [0.15, 0.2) is 48.7 Å². The summed E-state index contributed by atoms with van der Waals surface area (Å²) in [6.07, 6.45) is 5.78. The second-order valence-corrected chi connectivity index (χ2v) is 6.63. The Morgan fingerprint density at radius 1 is 1.04 bits per heavy atom. The van der Waals surface area contributed by atoms with Crippen molar-refractivity contribution in [3.05, 3.63) is 66.0 Å². The van der Waals surface area contributed by atoms with E-state index in [2.05, 4.69) is 15.6 Å². The van der Waals surface area contributed by atoms with Crippen molar-refractivity contribution in [1.82, 2.24) is 14.7 Å². The van der Waals surface area contributed by atoms with Crippen LogP contribution in [0.4, 0.5) is 10.1 Å². The number of benzene rings is 1. The van der Waals surface area contributed by atoms with E-state index >= 15 is 0 Å². The van der Waals surface area contributed by atoms with Crippen LogP contribution in [0.3, 0.4) is 0 Å². The van der Waals surface area contributed by atoms with Crippen molar-refractivity contribution in [2.24, 2.45) is 0 Å². The molecule has 2 amide bonds. The number of fused-ring (bicyclic) bond motifs is 1. The van der Waals surface area contributed by atoms with Crippen LogP contribution in [0, 0.1) is 5.82 Å². The maximum absolute atomic E-state index is 13.8. The molecule has 6 nitrogen and oxygen atoms in total. The number of rotatable bonds is 4. The number of hydrogen-bond acceptors (Lipinski definition) is 3. The lowest BCUT2D eigenvalue weighted by atomic mass is 10.2. The largest absolute Gasteiger partial charge is 0.348 e. The molecule has 0 saturated heterocycles. The SMILES string of the molecule is O=C(NC1CCCC1)c1nc(C(=O)Nc2ccccc2F)n2ccccc12. The van der Waals surface area contributed by atoms with Crippen LogP contribution >= 0.6 is 0 Å². The third-order valence-corrected chi connectivity index (χ3v) is 4.78. The lowest BCUT2D eigenvalue weighted by Crippen LogP contribution is -2.33. The number of imidazole rings is 1. The summed E-state index contributed by atoms with van der Waals surface area (Å²) in [7, 11) is 0. The Labute approximate surface area is 155 Å². The molecule has 1 aliphatic carbocycles. The van der Waals surface area contributed by atoms with Gasteiger partial charge in [-0.05, 0) is 37.1 Å². The molecule has 0 unspecified atom stereocenters. The number of nitrogens with one attached hydrogen (secondary N) is 2. The maximum atomic E-state index is 13.8. The van der Waals surface area contributed by atoms with Crippen molar-refractivity contribution in [2.45, 2.75) is 31.7 Å². The number of anilines is 1. The average Bonchev–Trinajstić information content (AvgIpc) is 3.31. The molecule has 0 spiro atoms. The smallest absolute Gasteiger partial charge is 0.292 e. The van der Waals surface area contributed by atoms with E-state index in [9.17, 15) is 14.0 Å². The molecular weight excluding hydrogens is 347 g/mol. The van der Waals surface area contributed by atoms with Crippen LogP contribution in [0.25, 0.3) is 5.52 Å². The number of aromatic nitrogens is 2. The van der Waals surface area contributed by atoms with Gasteiger partial charge >= 0.3 is 0 Å².